The van der Waals surface area contributed by atoms with Gasteiger partial charge in [-0.1, -0.05) is 0 Å². The fraction of sp³-hybridized carbons (Fsp3) is 0.462. The molecule has 0 fully saturated rings. The molecule has 0 bridgehead atoms. The molecule has 1 N–H and O–H groups in total. The summed E-state index contributed by atoms with van der Waals surface area (Å²) in [5.41, 5.74) is -1.45. The van der Waals surface area contributed by atoms with E-state index in [1.807, 2.05) is 0 Å². The van der Waals surface area contributed by atoms with Crippen LogP contribution in [-0.4, -0.2) is 29.1 Å². The molecule has 0 aliphatic rings. The van der Waals surface area contributed by atoms with Crippen molar-refractivity contribution in [2.75, 3.05) is 6.61 Å². The number of carbonyl (C=O) groups is 2. The highest BCUT2D eigenvalue weighted by Crippen LogP contribution is 2.11. The van der Waals surface area contributed by atoms with Crippen LogP contribution in [0.2, 0.25) is 0 Å². The summed E-state index contributed by atoms with van der Waals surface area (Å²) in [7, 11) is 0. The van der Waals surface area contributed by atoms with Crippen LogP contribution in [0.15, 0.2) is 17.1 Å². The topological polar surface area (TPSA) is 85.5 Å². The van der Waals surface area contributed by atoms with Gasteiger partial charge in [0.25, 0.3) is 5.56 Å². The lowest BCUT2D eigenvalue weighted by Crippen LogP contribution is -2.28. The number of esters is 2. The first kappa shape index (κ1) is 14.9. The molecule has 0 aliphatic carbocycles. The second kappa shape index (κ2) is 5.69. The third-order valence-electron chi connectivity index (χ3n) is 2.03. The first-order chi connectivity index (χ1) is 8.74. The Morgan fingerprint density at radius 1 is 1.26 bits per heavy atom. The second-order valence-electron chi connectivity index (χ2n) is 4.85. The minimum absolute atomic E-state index is 0.0994. The highest BCUT2D eigenvalue weighted by molar-refractivity contribution is 5.94. The lowest BCUT2D eigenvalue weighted by atomic mass is 10.1. The van der Waals surface area contributed by atoms with E-state index in [1.54, 1.807) is 27.7 Å². The van der Waals surface area contributed by atoms with Crippen molar-refractivity contribution in [3.05, 3.63) is 33.7 Å². The molecule has 0 saturated carbocycles. The minimum atomic E-state index is -0.778. The van der Waals surface area contributed by atoms with Crippen molar-refractivity contribution in [1.82, 2.24) is 4.98 Å². The zero-order valence-electron chi connectivity index (χ0n) is 11.4. The molecular formula is C13H17NO5. The summed E-state index contributed by atoms with van der Waals surface area (Å²) in [5.74, 6) is -1.39. The summed E-state index contributed by atoms with van der Waals surface area (Å²) in [4.78, 5) is 37.2. The number of hydrogen-bond acceptors (Lipinski definition) is 5. The van der Waals surface area contributed by atoms with Gasteiger partial charge in [0.05, 0.1) is 12.2 Å². The zero-order chi connectivity index (χ0) is 14.6. The lowest BCUT2D eigenvalue weighted by Gasteiger charge is -2.19. The van der Waals surface area contributed by atoms with E-state index in [2.05, 4.69) is 4.98 Å². The smallest absolute Gasteiger partial charge is 0.344 e. The molecule has 6 heteroatoms. The molecule has 19 heavy (non-hydrogen) atoms. The Labute approximate surface area is 110 Å². The van der Waals surface area contributed by atoms with Gasteiger partial charge in [-0.25, -0.2) is 9.59 Å². The van der Waals surface area contributed by atoms with E-state index in [0.29, 0.717) is 0 Å². The maximum atomic E-state index is 11.8. The van der Waals surface area contributed by atoms with Gasteiger partial charge in [-0.2, -0.15) is 0 Å². The van der Waals surface area contributed by atoms with Gasteiger partial charge < -0.3 is 14.5 Å². The van der Waals surface area contributed by atoms with Crippen LogP contribution in [0.3, 0.4) is 0 Å². The molecule has 1 rings (SSSR count). The number of aromatic nitrogens is 1. The van der Waals surface area contributed by atoms with E-state index in [0.717, 1.165) is 0 Å². The molecule has 104 valence electrons. The standard InChI is InChI=1S/C13H17NO5/c1-5-18-11(16)8-6-9(10(15)14-7-8)12(17)19-13(2,3)4/h6-7H,5H2,1-4H3,(H,14,15). The van der Waals surface area contributed by atoms with Crippen LogP contribution < -0.4 is 5.56 Å². The number of pyridine rings is 1. The third kappa shape index (κ3) is 4.24. The summed E-state index contributed by atoms with van der Waals surface area (Å²) < 4.78 is 9.88. The average molecular weight is 267 g/mol. The Morgan fingerprint density at radius 3 is 2.42 bits per heavy atom. The predicted octanol–water partition coefficient (Wildman–Crippen LogP) is 1.51. The van der Waals surface area contributed by atoms with Crippen molar-refractivity contribution in [2.24, 2.45) is 0 Å². The van der Waals surface area contributed by atoms with Gasteiger partial charge >= 0.3 is 11.9 Å². The van der Waals surface area contributed by atoms with Gasteiger partial charge in [0.15, 0.2) is 0 Å². The molecule has 0 aromatic carbocycles. The lowest BCUT2D eigenvalue weighted by molar-refractivity contribution is 0.00675. The van der Waals surface area contributed by atoms with Crippen LogP contribution in [0.5, 0.6) is 0 Å². The van der Waals surface area contributed by atoms with Crippen molar-refractivity contribution in [1.29, 1.82) is 0 Å². The number of ether oxygens (including phenoxy) is 2. The summed E-state index contributed by atoms with van der Waals surface area (Å²) in [6.45, 7) is 6.94. The van der Waals surface area contributed by atoms with E-state index >= 15 is 0 Å². The molecule has 1 aromatic rings. The zero-order valence-corrected chi connectivity index (χ0v) is 11.4. The number of H-pyrrole nitrogens is 1. The molecule has 0 saturated heterocycles. The Bertz CT molecular complexity index is 539. The molecular weight excluding hydrogens is 250 g/mol. The SMILES string of the molecule is CCOC(=O)c1c[nH]c(=O)c(C(=O)OC(C)(C)C)c1. The van der Waals surface area contributed by atoms with Crippen LogP contribution >= 0.6 is 0 Å². The number of aromatic amines is 1. The summed E-state index contributed by atoms with van der Waals surface area (Å²) >= 11 is 0. The van der Waals surface area contributed by atoms with Crippen LogP contribution in [0.25, 0.3) is 0 Å². The third-order valence-corrected chi connectivity index (χ3v) is 2.03. The van der Waals surface area contributed by atoms with Gasteiger partial charge in [0.2, 0.25) is 0 Å². The molecule has 0 atom stereocenters. The monoisotopic (exact) mass is 267 g/mol. The average Bonchev–Trinajstić information content (AvgIpc) is 2.27. The first-order valence-electron chi connectivity index (χ1n) is 5.88. The van der Waals surface area contributed by atoms with Gasteiger partial charge in [-0.3, -0.25) is 4.79 Å². The van der Waals surface area contributed by atoms with E-state index in [9.17, 15) is 14.4 Å². The van der Waals surface area contributed by atoms with Crippen LogP contribution in [0.1, 0.15) is 48.4 Å². The molecule has 0 aliphatic heterocycles. The van der Waals surface area contributed by atoms with Gasteiger partial charge in [0, 0.05) is 6.20 Å². The van der Waals surface area contributed by atoms with Gasteiger partial charge in [-0.05, 0) is 33.8 Å². The largest absolute Gasteiger partial charge is 0.462 e. The Kier molecular flexibility index (Phi) is 4.47. The summed E-state index contributed by atoms with van der Waals surface area (Å²) in [6, 6.07) is 1.17. The molecule has 0 spiro atoms. The maximum absolute atomic E-state index is 11.8. The van der Waals surface area contributed by atoms with Crippen LogP contribution in [-0.2, 0) is 9.47 Å². The van der Waals surface area contributed by atoms with Gasteiger partial charge in [0.1, 0.15) is 11.2 Å². The number of carbonyl (C=O) groups excluding carboxylic acids is 2. The fourth-order valence-corrected chi connectivity index (χ4v) is 1.30. The normalized spacial score (nSPS) is 10.9. The Balaban J connectivity index is 3.07. The maximum Gasteiger partial charge on any atom is 0.344 e. The minimum Gasteiger partial charge on any atom is -0.462 e. The Morgan fingerprint density at radius 2 is 1.89 bits per heavy atom. The van der Waals surface area contributed by atoms with Crippen molar-refractivity contribution >= 4 is 11.9 Å². The highest BCUT2D eigenvalue weighted by atomic mass is 16.6. The highest BCUT2D eigenvalue weighted by Gasteiger charge is 2.21. The van der Waals surface area contributed by atoms with Crippen molar-refractivity contribution < 1.29 is 19.1 Å². The Hall–Kier alpha value is -2.11. The summed E-state index contributed by atoms with van der Waals surface area (Å²) in [5, 5.41) is 0. The van der Waals surface area contributed by atoms with Crippen molar-refractivity contribution in [3.8, 4) is 0 Å². The van der Waals surface area contributed by atoms with E-state index in [-0.39, 0.29) is 17.7 Å². The molecule has 0 unspecified atom stereocenters. The molecule has 1 aromatic heterocycles. The van der Waals surface area contributed by atoms with Crippen LogP contribution in [0, 0.1) is 0 Å². The van der Waals surface area contributed by atoms with Crippen molar-refractivity contribution in [3.63, 3.8) is 0 Å². The molecule has 1 heterocycles. The van der Waals surface area contributed by atoms with E-state index < -0.39 is 23.1 Å². The molecule has 6 nitrogen and oxygen atoms in total. The quantitative estimate of drug-likeness (QED) is 0.839. The fourth-order valence-electron chi connectivity index (χ4n) is 1.30. The predicted molar refractivity (Wildman–Crippen MR) is 68.2 cm³/mol. The van der Waals surface area contributed by atoms with Crippen LogP contribution in [0.4, 0.5) is 0 Å². The van der Waals surface area contributed by atoms with E-state index in [4.69, 9.17) is 9.47 Å². The molecule has 0 amide bonds. The second-order valence-corrected chi connectivity index (χ2v) is 4.85. The van der Waals surface area contributed by atoms with Crippen molar-refractivity contribution in [2.45, 2.75) is 33.3 Å². The van der Waals surface area contributed by atoms with E-state index in [1.165, 1.54) is 12.3 Å². The number of nitrogens with one attached hydrogen (secondary N) is 1. The number of rotatable bonds is 3. The van der Waals surface area contributed by atoms with Gasteiger partial charge in [-0.15, -0.1) is 0 Å². The number of hydrogen-bond donors (Lipinski definition) is 1. The molecule has 0 radical (unpaired) electrons. The first-order valence-corrected chi connectivity index (χ1v) is 5.88. The summed E-state index contributed by atoms with van der Waals surface area (Å²) in [6.07, 6.45) is 1.20.